The number of hydrogen-bond donors (Lipinski definition) is 1. The summed E-state index contributed by atoms with van der Waals surface area (Å²) in [5, 5.41) is 3.46. The lowest BCUT2D eigenvalue weighted by atomic mass is 10.0. The van der Waals surface area contributed by atoms with Crippen molar-refractivity contribution in [3.8, 4) is 5.75 Å². The van der Waals surface area contributed by atoms with E-state index < -0.39 is 6.61 Å². The van der Waals surface area contributed by atoms with Gasteiger partial charge in [-0.3, -0.25) is 0 Å². The molecule has 0 saturated carbocycles. The number of benzene rings is 1. The SMILES string of the molecule is CC(C)CC(C)NC(C)c1cccc(OC(F)F)c1. The molecule has 1 N–H and O–H groups in total. The van der Waals surface area contributed by atoms with Gasteiger partial charge in [0, 0.05) is 12.1 Å². The number of rotatable bonds is 7. The molecule has 0 aliphatic carbocycles. The van der Waals surface area contributed by atoms with E-state index in [9.17, 15) is 8.78 Å². The highest BCUT2D eigenvalue weighted by Gasteiger charge is 2.12. The second-order valence-electron chi connectivity index (χ2n) is 5.37. The predicted molar refractivity (Wildman–Crippen MR) is 73.5 cm³/mol. The number of alkyl halides is 2. The van der Waals surface area contributed by atoms with Crippen LogP contribution in [0.2, 0.25) is 0 Å². The highest BCUT2D eigenvalue weighted by atomic mass is 19.3. The highest BCUT2D eigenvalue weighted by molar-refractivity contribution is 5.30. The second-order valence-corrected chi connectivity index (χ2v) is 5.37. The highest BCUT2D eigenvalue weighted by Crippen LogP contribution is 2.21. The summed E-state index contributed by atoms with van der Waals surface area (Å²) in [5.41, 5.74) is 0.953. The van der Waals surface area contributed by atoms with Gasteiger partial charge in [0.1, 0.15) is 5.75 Å². The third-order valence-corrected chi connectivity index (χ3v) is 2.94. The van der Waals surface area contributed by atoms with Gasteiger partial charge in [-0.25, -0.2) is 0 Å². The summed E-state index contributed by atoms with van der Waals surface area (Å²) in [7, 11) is 0. The van der Waals surface area contributed by atoms with Crippen molar-refractivity contribution in [2.75, 3.05) is 0 Å². The van der Waals surface area contributed by atoms with Crippen LogP contribution in [0, 0.1) is 5.92 Å². The molecule has 1 rings (SSSR count). The molecule has 2 unspecified atom stereocenters. The Labute approximate surface area is 114 Å². The van der Waals surface area contributed by atoms with Crippen molar-refractivity contribution in [2.45, 2.75) is 52.8 Å². The standard InChI is InChI=1S/C15H23F2NO/c1-10(2)8-11(3)18-12(4)13-6-5-7-14(9-13)19-15(16)17/h5-7,9-12,15,18H,8H2,1-4H3. The van der Waals surface area contributed by atoms with Crippen molar-refractivity contribution >= 4 is 0 Å². The van der Waals surface area contributed by atoms with Gasteiger partial charge in [-0.2, -0.15) is 8.78 Å². The van der Waals surface area contributed by atoms with Gasteiger partial charge in [-0.1, -0.05) is 26.0 Å². The molecule has 1 aromatic carbocycles. The van der Waals surface area contributed by atoms with Crippen LogP contribution >= 0.6 is 0 Å². The van der Waals surface area contributed by atoms with E-state index in [2.05, 4.69) is 30.8 Å². The smallest absolute Gasteiger partial charge is 0.387 e. The molecule has 2 atom stereocenters. The Hall–Kier alpha value is -1.16. The van der Waals surface area contributed by atoms with E-state index in [0.717, 1.165) is 12.0 Å². The van der Waals surface area contributed by atoms with E-state index in [-0.39, 0.29) is 11.8 Å². The number of ether oxygens (including phenoxy) is 1. The Morgan fingerprint density at radius 2 is 1.84 bits per heavy atom. The van der Waals surface area contributed by atoms with E-state index in [0.29, 0.717) is 12.0 Å². The minimum absolute atomic E-state index is 0.106. The van der Waals surface area contributed by atoms with Crippen LogP contribution in [0.3, 0.4) is 0 Å². The lowest BCUT2D eigenvalue weighted by Gasteiger charge is -2.22. The molecule has 19 heavy (non-hydrogen) atoms. The van der Waals surface area contributed by atoms with Crippen LogP contribution in [0.25, 0.3) is 0 Å². The summed E-state index contributed by atoms with van der Waals surface area (Å²) >= 11 is 0. The molecule has 0 aromatic heterocycles. The largest absolute Gasteiger partial charge is 0.435 e. The summed E-state index contributed by atoms with van der Waals surface area (Å²) in [4.78, 5) is 0. The zero-order valence-corrected chi connectivity index (χ0v) is 12.0. The molecule has 0 saturated heterocycles. The quantitative estimate of drug-likeness (QED) is 0.795. The molecule has 0 radical (unpaired) electrons. The van der Waals surface area contributed by atoms with Gasteiger partial charge in [0.2, 0.25) is 0 Å². The van der Waals surface area contributed by atoms with E-state index in [4.69, 9.17) is 0 Å². The summed E-state index contributed by atoms with van der Waals surface area (Å²) < 4.78 is 28.8. The molecule has 0 aliphatic heterocycles. The van der Waals surface area contributed by atoms with Gasteiger partial charge in [0.15, 0.2) is 0 Å². The summed E-state index contributed by atoms with van der Waals surface area (Å²) in [6.45, 7) is 5.74. The Bertz CT molecular complexity index is 382. The van der Waals surface area contributed by atoms with Crippen LogP contribution in [0.5, 0.6) is 5.75 Å². The summed E-state index contributed by atoms with van der Waals surface area (Å²) in [5.74, 6) is 0.834. The average Bonchev–Trinajstić information content (AvgIpc) is 2.27. The predicted octanol–water partition coefficient (Wildman–Crippen LogP) is 4.37. The minimum atomic E-state index is -2.78. The van der Waals surface area contributed by atoms with Crippen LogP contribution in [0.1, 0.15) is 45.7 Å². The average molecular weight is 271 g/mol. The monoisotopic (exact) mass is 271 g/mol. The third-order valence-electron chi connectivity index (χ3n) is 2.94. The van der Waals surface area contributed by atoms with Crippen LogP contribution in [0.15, 0.2) is 24.3 Å². The molecule has 0 bridgehead atoms. The van der Waals surface area contributed by atoms with Crippen LogP contribution in [-0.4, -0.2) is 12.7 Å². The van der Waals surface area contributed by atoms with Crippen molar-refractivity contribution in [3.05, 3.63) is 29.8 Å². The Morgan fingerprint density at radius 1 is 1.16 bits per heavy atom. The van der Waals surface area contributed by atoms with E-state index in [1.165, 1.54) is 0 Å². The minimum Gasteiger partial charge on any atom is -0.435 e. The molecule has 0 aliphatic rings. The van der Waals surface area contributed by atoms with Crippen molar-refractivity contribution in [1.29, 1.82) is 0 Å². The number of hydrogen-bond acceptors (Lipinski definition) is 2. The first-order chi connectivity index (χ1) is 8.88. The maximum atomic E-state index is 12.2. The topological polar surface area (TPSA) is 21.3 Å². The molecular weight excluding hydrogens is 248 g/mol. The van der Waals surface area contributed by atoms with E-state index >= 15 is 0 Å². The molecule has 1 aromatic rings. The maximum absolute atomic E-state index is 12.2. The van der Waals surface area contributed by atoms with Crippen molar-refractivity contribution in [2.24, 2.45) is 5.92 Å². The third kappa shape index (κ3) is 6.01. The molecule has 0 fully saturated rings. The normalized spacial score (nSPS) is 14.7. The molecule has 4 heteroatoms. The first-order valence-electron chi connectivity index (χ1n) is 6.69. The van der Waals surface area contributed by atoms with E-state index in [1.807, 2.05) is 13.0 Å². The van der Waals surface area contributed by atoms with Crippen LogP contribution < -0.4 is 10.1 Å². The first kappa shape index (κ1) is 15.9. The molecule has 0 amide bonds. The first-order valence-corrected chi connectivity index (χ1v) is 6.69. The Kier molecular flexibility index (Phi) is 6.22. The van der Waals surface area contributed by atoms with Gasteiger partial charge < -0.3 is 10.1 Å². The van der Waals surface area contributed by atoms with Crippen molar-refractivity contribution in [3.63, 3.8) is 0 Å². The fourth-order valence-corrected chi connectivity index (χ4v) is 2.26. The Balaban J connectivity index is 2.63. The van der Waals surface area contributed by atoms with Crippen LogP contribution in [0.4, 0.5) is 8.78 Å². The number of halogens is 2. The van der Waals surface area contributed by atoms with Crippen molar-refractivity contribution < 1.29 is 13.5 Å². The van der Waals surface area contributed by atoms with Gasteiger partial charge in [0.05, 0.1) is 0 Å². The van der Waals surface area contributed by atoms with Gasteiger partial charge in [0.25, 0.3) is 0 Å². The van der Waals surface area contributed by atoms with E-state index in [1.54, 1.807) is 18.2 Å². The maximum Gasteiger partial charge on any atom is 0.387 e. The fourth-order valence-electron chi connectivity index (χ4n) is 2.26. The second kappa shape index (κ2) is 7.43. The molecule has 0 spiro atoms. The van der Waals surface area contributed by atoms with Gasteiger partial charge >= 0.3 is 6.61 Å². The zero-order chi connectivity index (χ0) is 14.4. The lowest BCUT2D eigenvalue weighted by molar-refractivity contribution is -0.0499. The van der Waals surface area contributed by atoms with Gasteiger partial charge in [-0.15, -0.1) is 0 Å². The molecule has 108 valence electrons. The van der Waals surface area contributed by atoms with Crippen molar-refractivity contribution in [1.82, 2.24) is 5.32 Å². The lowest BCUT2D eigenvalue weighted by Crippen LogP contribution is -2.30. The fraction of sp³-hybridized carbons (Fsp3) is 0.600. The van der Waals surface area contributed by atoms with Crippen LogP contribution in [-0.2, 0) is 0 Å². The zero-order valence-electron chi connectivity index (χ0n) is 12.0. The molecule has 2 nitrogen and oxygen atoms in total. The number of nitrogens with one attached hydrogen (secondary N) is 1. The molecule has 0 heterocycles. The Morgan fingerprint density at radius 3 is 2.42 bits per heavy atom. The molecular formula is C15H23F2NO. The summed E-state index contributed by atoms with van der Waals surface area (Å²) in [6, 6.07) is 7.34. The summed E-state index contributed by atoms with van der Waals surface area (Å²) in [6.07, 6.45) is 1.08. The van der Waals surface area contributed by atoms with Gasteiger partial charge in [-0.05, 0) is 43.9 Å².